The summed E-state index contributed by atoms with van der Waals surface area (Å²) in [6, 6.07) is 9.50. The van der Waals surface area contributed by atoms with Crippen molar-refractivity contribution in [3.63, 3.8) is 0 Å². The summed E-state index contributed by atoms with van der Waals surface area (Å²) < 4.78 is 13.9. The molecule has 7 nitrogen and oxygen atoms in total. The number of fused-ring (bicyclic) bond motifs is 1. The van der Waals surface area contributed by atoms with Gasteiger partial charge in [0.15, 0.2) is 0 Å². The molecule has 0 bridgehead atoms. The van der Waals surface area contributed by atoms with Crippen LogP contribution in [0, 0.1) is 17.7 Å². The molecule has 0 radical (unpaired) electrons. The first-order chi connectivity index (χ1) is 13.8. The van der Waals surface area contributed by atoms with Crippen LogP contribution in [0.4, 0.5) is 14.9 Å². The first kappa shape index (κ1) is 19.2. The van der Waals surface area contributed by atoms with Crippen molar-refractivity contribution in [3.8, 4) is 0 Å². The van der Waals surface area contributed by atoms with Crippen LogP contribution in [0.1, 0.15) is 22.1 Å². The highest BCUT2D eigenvalue weighted by molar-refractivity contribution is 5.86. The molecular weight excluding hydrogens is 375 g/mol. The van der Waals surface area contributed by atoms with E-state index in [1.807, 2.05) is 11.0 Å². The highest BCUT2D eigenvalue weighted by atomic mass is 19.1. The van der Waals surface area contributed by atoms with Gasteiger partial charge in [0.25, 0.3) is 0 Å². The first-order valence-corrected chi connectivity index (χ1v) is 9.53. The maximum Gasteiger partial charge on any atom is 0.354 e. The number of halogens is 1. The minimum Gasteiger partial charge on any atom is -0.477 e. The Kier molecular flexibility index (Phi) is 4.86. The molecule has 2 aromatic rings. The highest BCUT2D eigenvalue weighted by Gasteiger charge is 2.49. The van der Waals surface area contributed by atoms with E-state index in [-0.39, 0.29) is 35.4 Å². The number of anilines is 1. The van der Waals surface area contributed by atoms with E-state index in [1.54, 1.807) is 37.2 Å². The average Bonchev–Trinajstić information content (AvgIpc) is 3.25. The molecule has 0 saturated carbocycles. The number of carboxylic acid groups (broad SMARTS) is 1. The van der Waals surface area contributed by atoms with Gasteiger partial charge in [0, 0.05) is 57.4 Å². The number of pyridine rings is 1. The number of aromatic nitrogens is 1. The summed E-state index contributed by atoms with van der Waals surface area (Å²) >= 11 is 0. The van der Waals surface area contributed by atoms with Gasteiger partial charge >= 0.3 is 12.0 Å². The molecule has 2 fully saturated rings. The second kappa shape index (κ2) is 7.35. The van der Waals surface area contributed by atoms with Crippen LogP contribution in [0.15, 0.2) is 42.6 Å². The van der Waals surface area contributed by atoms with Crippen LogP contribution < -0.4 is 4.90 Å². The number of carbonyl (C=O) groups is 2. The van der Waals surface area contributed by atoms with Crippen LogP contribution in [-0.2, 0) is 0 Å². The normalized spacial score (nSPS) is 23.2. The van der Waals surface area contributed by atoms with Gasteiger partial charge in [-0.15, -0.1) is 0 Å². The summed E-state index contributed by atoms with van der Waals surface area (Å²) in [5, 5.41) is 9.21. The zero-order valence-electron chi connectivity index (χ0n) is 16.3. The van der Waals surface area contributed by atoms with Crippen molar-refractivity contribution in [3.05, 3.63) is 59.7 Å². The summed E-state index contributed by atoms with van der Waals surface area (Å²) in [6.45, 7) is 1.94. The van der Waals surface area contributed by atoms with Gasteiger partial charge in [0.1, 0.15) is 11.5 Å². The van der Waals surface area contributed by atoms with Crippen molar-refractivity contribution in [2.45, 2.75) is 6.04 Å². The van der Waals surface area contributed by atoms with E-state index in [1.165, 1.54) is 18.3 Å². The Morgan fingerprint density at radius 3 is 2.66 bits per heavy atom. The molecule has 1 aromatic heterocycles. The Balaban J connectivity index is 1.64. The summed E-state index contributed by atoms with van der Waals surface area (Å²) in [4.78, 5) is 33.4. The van der Waals surface area contributed by atoms with Crippen LogP contribution >= 0.6 is 0 Å². The van der Waals surface area contributed by atoms with Crippen molar-refractivity contribution in [2.24, 2.45) is 11.8 Å². The number of amides is 2. The summed E-state index contributed by atoms with van der Waals surface area (Å²) in [7, 11) is 3.44. The van der Waals surface area contributed by atoms with E-state index < -0.39 is 5.97 Å². The van der Waals surface area contributed by atoms with Crippen LogP contribution in [0.3, 0.4) is 0 Å². The number of rotatable bonds is 3. The largest absolute Gasteiger partial charge is 0.477 e. The molecule has 8 heteroatoms. The SMILES string of the molecule is CN(C)C(=O)N1C[C@H]2CN(c3ccnc(C(=O)O)c3)C[C@H]2[C@H]1c1cccc(F)c1. The van der Waals surface area contributed by atoms with Gasteiger partial charge in [0.2, 0.25) is 0 Å². The Bertz CT molecular complexity index is 951. The minimum absolute atomic E-state index is 0.00523. The molecule has 0 spiro atoms. The molecule has 1 N–H and O–H groups in total. The van der Waals surface area contributed by atoms with Crippen LogP contribution in [-0.4, -0.2) is 65.6 Å². The van der Waals surface area contributed by atoms with E-state index in [9.17, 15) is 19.1 Å². The lowest BCUT2D eigenvalue weighted by atomic mass is 9.89. The quantitative estimate of drug-likeness (QED) is 0.860. The molecule has 2 aliphatic heterocycles. The lowest BCUT2D eigenvalue weighted by Gasteiger charge is -2.32. The molecule has 2 saturated heterocycles. The number of benzene rings is 1. The minimum atomic E-state index is -1.06. The predicted octanol–water partition coefficient (Wildman–Crippen LogP) is 2.71. The Morgan fingerprint density at radius 1 is 1.17 bits per heavy atom. The summed E-state index contributed by atoms with van der Waals surface area (Å²) in [6.07, 6.45) is 1.50. The summed E-state index contributed by atoms with van der Waals surface area (Å²) in [5.41, 5.74) is 1.59. The van der Waals surface area contributed by atoms with Gasteiger partial charge < -0.3 is 19.8 Å². The first-order valence-electron chi connectivity index (χ1n) is 9.53. The number of hydrogen-bond donors (Lipinski definition) is 1. The van der Waals surface area contributed by atoms with Gasteiger partial charge in [-0.1, -0.05) is 12.1 Å². The molecule has 0 aliphatic carbocycles. The van der Waals surface area contributed by atoms with E-state index in [4.69, 9.17) is 0 Å². The van der Waals surface area contributed by atoms with E-state index in [2.05, 4.69) is 9.88 Å². The van der Waals surface area contributed by atoms with Crippen molar-refractivity contribution < 1.29 is 19.1 Å². The average molecular weight is 398 g/mol. The molecule has 152 valence electrons. The Hall–Kier alpha value is -3.16. The molecular formula is C21H23FN4O3. The van der Waals surface area contributed by atoms with Crippen LogP contribution in [0.2, 0.25) is 0 Å². The van der Waals surface area contributed by atoms with Gasteiger partial charge in [0.05, 0.1) is 6.04 Å². The van der Waals surface area contributed by atoms with Gasteiger partial charge in [-0.05, 0) is 29.8 Å². The fourth-order valence-electron chi connectivity index (χ4n) is 4.56. The monoisotopic (exact) mass is 398 g/mol. The third kappa shape index (κ3) is 3.50. The zero-order chi connectivity index (χ0) is 20.7. The fraction of sp³-hybridized carbons (Fsp3) is 0.381. The third-order valence-corrected chi connectivity index (χ3v) is 5.81. The van der Waals surface area contributed by atoms with Crippen LogP contribution in [0.5, 0.6) is 0 Å². The lowest BCUT2D eigenvalue weighted by molar-refractivity contribution is 0.0690. The second-order valence-electron chi connectivity index (χ2n) is 7.86. The number of nitrogens with zero attached hydrogens (tertiary/aromatic N) is 4. The number of carbonyl (C=O) groups excluding carboxylic acids is 1. The van der Waals surface area contributed by atoms with Crippen molar-refractivity contribution in [1.82, 2.24) is 14.8 Å². The van der Waals surface area contributed by atoms with Crippen molar-refractivity contribution in [1.29, 1.82) is 0 Å². The predicted molar refractivity (Wildman–Crippen MR) is 105 cm³/mol. The smallest absolute Gasteiger partial charge is 0.354 e. The van der Waals surface area contributed by atoms with Gasteiger partial charge in [-0.25, -0.2) is 19.0 Å². The fourth-order valence-corrected chi connectivity index (χ4v) is 4.56. The number of likely N-dealkylation sites (tertiary alicyclic amines) is 1. The molecule has 1 aromatic carbocycles. The number of carboxylic acids is 1. The van der Waals surface area contributed by atoms with Crippen molar-refractivity contribution >= 4 is 17.7 Å². The van der Waals surface area contributed by atoms with E-state index in [0.29, 0.717) is 19.6 Å². The zero-order valence-corrected chi connectivity index (χ0v) is 16.3. The van der Waals surface area contributed by atoms with E-state index in [0.717, 1.165) is 11.3 Å². The lowest BCUT2D eigenvalue weighted by Crippen LogP contribution is -2.41. The van der Waals surface area contributed by atoms with Crippen LogP contribution in [0.25, 0.3) is 0 Å². The maximum absolute atomic E-state index is 13.9. The number of hydrogen-bond acceptors (Lipinski definition) is 4. The Labute approximate surface area is 168 Å². The molecule has 3 atom stereocenters. The van der Waals surface area contributed by atoms with Gasteiger partial charge in [-0.2, -0.15) is 0 Å². The molecule has 2 amide bonds. The number of urea groups is 1. The molecule has 3 heterocycles. The van der Waals surface area contributed by atoms with Crippen molar-refractivity contribution in [2.75, 3.05) is 38.6 Å². The van der Waals surface area contributed by atoms with E-state index >= 15 is 0 Å². The topological polar surface area (TPSA) is 77.0 Å². The molecule has 4 rings (SSSR count). The molecule has 0 unspecified atom stereocenters. The second-order valence-corrected chi connectivity index (χ2v) is 7.86. The molecule has 2 aliphatic rings. The number of aromatic carboxylic acids is 1. The summed E-state index contributed by atoms with van der Waals surface area (Å²) in [5.74, 6) is -1.04. The Morgan fingerprint density at radius 2 is 1.97 bits per heavy atom. The highest BCUT2D eigenvalue weighted by Crippen LogP contribution is 2.46. The maximum atomic E-state index is 13.9. The molecule has 29 heavy (non-hydrogen) atoms. The third-order valence-electron chi connectivity index (χ3n) is 5.81. The van der Waals surface area contributed by atoms with Gasteiger partial charge in [-0.3, -0.25) is 0 Å². The standard InChI is InChI=1S/C21H23FN4O3/c1-24(2)21(29)26-11-14-10-25(16-6-7-23-18(9-16)20(27)28)12-17(14)19(26)13-4-3-5-15(22)8-13/h3-9,14,17,19H,10-12H2,1-2H3,(H,27,28)/t14-,17-,19-/m1/s1.